The van der Waals surface area contributed by atoms with Crippen molar-refractivity contribution in [2.45, 2.75) is 37.8 Å². The lowest BCUT2D eigenvalue weighted by molar-refractivity contribution is 0.151. The molecule has 0 aliphatic heterocycles. The van der Waals surface area contributed by atoms with Gasteiger partial charge in [0.05, 0.1) is 17.8 Å². The van der Waals surface area contributed by atoms with E-state index >= 15 is 0 Å². The molecule has 4 rings (SSSR count). The van der Waals surface area contributed by atoms with Crippen LogP contribution in [0.4, 0.5) is 5.95 Å². The van der Waals surface area contributed by atoms with E-state index in [-0.39, 0.29) is 11.7 Å². The first-order valence-electron chi connectivity index (χ1n) is 8.95. The van der Waals surface area contributed by atoms with Gasteiger partial charge < -0.3 is 14.6 Å². The van der Waals surface area contributed by atoms with Crippen molar-refractivity contribution < 1.29 is 4.74 Å². The van der Waals surface area contributed by atoms with E-state index in [1.807, 2.05) is 12.1 Å². The molecule has 7 nitrogen and oxygen atoms in total. The SMILES string of the molecule is Cn1c(=O)cnc2cc(Br)cc(OC3CCC(Nc4ncccn4)CC3)c21. The summed E-state index contributed by atoms with van der Waals surface area (Å²) in [7, 11) is 1.74. The number of rotatable bonds is 4. The second-order valence-electron chi connectivity index (χ2n) is 6.74. The predicted molar refractivity (Wildman–Crippen MR) is 107 cm³/mol. The molecule has 0 spiro atoms. The highest BCUT2D eigenvalue weighted by atomic mass is 79.9. The van der Waals surface area contributed by atoms with Crippen LogP contribution in [0.15, 0.2) is 46.1 Å². The maximum atomic E-state index is 12.0. The summed E-state index contributed by atoms with van der Waals surface area (Å²) in [5, 5.41) is 3.38. The van der Waals surface area contributed by atoms with Gasteiger partial charge in [-0.15, -0.1) is 0 Å². The van der Waals surface area contributed by atoms with Gasteiger partial charge in [0.25, 0.3) is 5.56 Å². The van der Waals surface area contributed by atoms with Gasteiger partial charge in [0.1, 0.15) is 11.3 Å². The second-order valence-corrected chi connectivity index (χ2v) is 7.65. The number of nitrogens with one attached hydrogen (secondary N) is 1. The fourth-order valence-electron chi connectivity index (χ4n) is 3.47. The number of benzene rings is 1. The molecule has 27 heavy (non-hydrogen) atoms. The number of aryl methyl sites for hydroxylation is 1. The Morgan fingerprint density at radius 3 is 2.63 bits per heavy atom. The van der Waals surface area contributed by atoms with Gasteiger partial charge in [-0.25, -0.2) is 15.0 Å². The first kappa shape index (κ1) is 17.9. The molecule has 1 aliphatic carbocycles. The molecule has 3 aromatic rings. The molecule has 8 heteroatoms. The van der Waals surface area contributed by atoms with E-state index in [0.29, 0.717) is 17.7 Å². The van der Waals surface area contributed by atoms with Crippen molar-refractivity contribution in [3.8, 4) is 5.75 Å². The highest BCUT2D eigenvalue weighted by Crippen LogP contribution is 2.31. The Balaban J connectivity index is 1.48. The van der Waals surface area contributed by atoms with Gasteiger partial charge in [0.15, 0.2) is 0 Å². The van der Waals surface area contributed by atoms with E-state index in [9.17, 15) is 4.79 Å². The lowest BCUT2D eigenvalue weighted by atomic mass is 9.93. The minimum atomic E-state index is -0.148. The van der Waals surface area contributed by atoms with Gasteiger partial charge >= 0.3 is 0 Å². The van der Waals surface area contributed by atoms with E-state index in [4.69, 9.17) is 4.74 Å². The quantitative estimate of drug-likeness (QED) is 0.684. The third-order valence-electron chi connectivity index (χ3n) is 4.87. The Bertz CT molecular complexity index is 1000. The van der Waals surface area contributed by atoms with Crippen LogP contribution < -0.4 is 15.6 Å². The van der Waals surface area contributed by atoms with Crippen molar-refractivity contribution >= 4 is 32.9 Å². The minimum Gasteiger partial charge on any atom is -0.488 e. The van der Waals surface area contributed by atoms with E-state index in [1.165, 1.54) is 6.20 Å². The summed E-state index contributed by atoms with van der Waals surface area (Å²) in [5.74, 6) is 1.36. The number of nitrogens with zero attached hydrogens (tertiary/aromatic N) is 4. The number of halogens is 1. The van der Waals surface area contributed by atoms with Crippen LogP contribution in [0, 0.1) is 0 Å². The van der Waals surface area contributed by atoms with Crippen LogP contribution in [0.5, 0.6) is 5.75 Å². The van der Waals surface area contributed by atoms with Gasteiger partial charge in [0, 0.05) is 30.0 Å². The van der Waals surface area contributed by atoms with Crippen molar-refractivity contribution in [2.24, 2.45) is 7.05 Å². The zero-order chi connectivity index (χ0) is 18.8. The van der Waals surface area contributed by atoms with E-state index < -0.39 is 0 Å². The van der Waals surface area contributed by atoms with Gasteiger partial charge in [-0.2, -0.15) is 0 Å². The fourth-order valence-corrected chi connectivity index (χ4v) is 3.89. The average Bonchev–Trinajstić information content (AvgIpc) is 2.67. The van der Waals surface area contributed by atoms with Crippen molar-refractivity contribution in [3.05, 3.63) is 51.6 Å². The van der Waals surface area contributed by atoms with Crippen molar-refractivity contribution in [3.63, 3.8) is 0 Å². The Morgan fingerprint density at radius 1 is 1.15 bits per heavy atom. The summed E-state index contributed by atoms with van der Waals surface area (Å²) in [6.07, 6.45) is 8.72. The highest BCUT2D eigenvalue weighted by molar-refractivity contribution is 9.10. The summed E-state index contributed by atoms with van der Waals surface area (Å²) >= 11 is 3.51. The largest absolute Gasteiger partial charge is 0.488 e. The molecule has 0 radical (unpaired) electrons. The van der Waals surface area contributed by atoms with Gasteiger partial charge in [0.2, 0.25) is 5.95 Å². The third-order valence-corrected chi connectivity index (χ3v) is 5.32. The molecule has 1 aliphatic rings. The number of ether oxygens (including phenoxy) is 1. The Kier molecular flexibility index (Phi) is 5.07. The lowest BCUT2D eigenvalue weighted by Gasteiger charge is -2.30. The smallest absolute Gasteiger partial charge is 0.269 e. The van der Waals surface area contributed by atoms with Crippen molar-refractivity contribution in [1.29, 1.82) is 0 Å². The van der Waals surface area contributed by atoms with Gasteiger partial charge in [-0.3, -0.25) is 4.79 Å². The summed E-state index contributed by atoms with van der Waals surface area (Å²) in [5.41, 5.74) is 1.31. The van der Waals surface area contributed by atoms with Crippen molar-refractivity contribution in [2.75, 3.05) is 5.32 Å². The van der Waals surface area contributed by atoms with Crippen LogP contribution >= 0.6 is 15.9 Å². The first-order chi connectivity index (χ1) is 13.1. The number of aromatic nitrogens is 4. The monoisotopic (exact) mass is 429 g/mol. The zero-order valence-electron chi connectivity index (χ0n) is 14.9. The number of hydrogen-bond donors (Lipinski definition) is 1. The Hall–Kier alpha value is -2.48. The van der Waals surface area contributed by atoms with Crippen LogP contribution in [0.25, 0.3) is 11.0 Å². The number of hydrogen-bond acceptors (Lipinski definition) is 6. The van der Waals surface area contributed by atoms with Crippen LogP contribution in [-0.2, 0) is 7.05 Å². The number of anilines is 1. The molecule has 1 fully saturated rings. The maximum absolute atomic E-state index is 12.0. The molecule has 0 atom stereocenters. The lowest BCUT2D eigenvalue weighted by Crippen LogP contribution is -2.32. The van der Waals surface area contributed by atoms with Crippen LogP contribution in [0.1, 0.15) is 25.7 Å². The summed E-state index contributed by atoms with van der Waals surface area (Å²) in [6, 6.07) is 5.95. The van der Waals surface area contributed by atoms with E-state index in [2.05, 4.69) is 36.2 Å². The second kappa shape index (κ2) is 7.64. The average molecular weight is 430 g/mol. The van der Waals surface area contributed by atoms with E-state index in [1.54, 1.807) is 30.1 Å². The third kappa shape index (κ3) is 3.95. The molecular formula is C19H20BrN5O2. The zero-order valence-corrected chi connectivity index (χ0v) is 16.5. The Morgan fingerprint density at radius 2 is 1.89 bits per heavy atom. The van der Waals surface area contributed by atoms with E-state index in [0.717, 1.165) is 41.2 Å². The molecular weight excluding hydrogens is 410 g/mol. The molecule has 0 saturated heterocycles. The molecule has 1 aromatic carbocycles. The van der Waals surface area contributed by atoms with Crippen LogP contribution in [0.3, 0.4) is 0 Å². The fraction of sp³-hybridized carbons (Fsp3) is 0.368. The molecule has 0 bridgehead atoms. The summed E-state index contributed by atoms with van der Waals surface area (Å²) < 4.78 is 8.76. The molecule has 0 amide bonds. The molecule has 1 N–H and O–H groups in total. The summed E-state index contributed by atoms with van der Waals surface area (Å²) in [4.78, 5) is 24.7. The maximum Gasteiger partial charge on any atom is 0.269 e. The molecule has 0 unspecified atom stereocenters. The molecule has 2 aromatic heterocycles. The molecule has 1 saturated carbocycles. The summed E-state index contributed by atoms with van der Waals surface area (Å²) in [6.45, 7) is 0. The molecule has 2 heterocycles. The van der Waals surface area contributed by atoms with Crippen LogP contribution in [-0.4, -0.2) is 31.7 Å². The van der Waals surface area contributed by atoms with Gasteiger partial charge in [-0.05, 0) is 43.9 Å². The topological polar surface area (TPSA) is 81.9 Å². The normalized spacial score (nSPS) is 19.8. The predicted octanol–water partition coefficient (Wildman–Crippen LogP) is 3.29. The van der Waals surface area contributed by atoms with Crippen LogP contribution in [0.2, 0.25) is 0 Å². The highest BCUT2D eigenvalue weighted by Gasteiger charge is 2.24. The Labute approximate surface area is 164 Å². The van der Waals surface area contributed by atoms with Gasteiger partial charge in [-0.1, -0.05) is 15.9 Å². The minimum absolute atomic E-state index is 0.104. The molecule has 140 valence electrons. The number of fused-ring (bicyclic) bond motifs is 1. The first-order valence-corrected chi connectivity index (χ1v) is 9.75. The standard InChI is InChI=1S/C19H20BrN5O2/c1-25-17(26)11-23-15-9-12(20)10-16(18(15)25)27-14-5-3-13(4-6-14)24-19-21-7-2-8-22-19/h2,7-11,13-14H,3-6H2,1H3,(H,21,22,24). The van der Waals surface area contributed by atoms with Crippen molar-refractivity contribution in [1.82, 2.24) is 19.5 Å².